The lowest BCUT2D eigenvalue weighted by atomic mass is 9.95. The van der Waals surface area contributed by atoms with Gasteiger partial charge in [-0.3, -0.25) is 4.79 Å². The van der Waals surface area contributed by atoms with Crippen molar-refractivity contribution in [2.24, 2.45) is 0 Å². The maximum atomic E-state index is 12.4. The van der Waals surface area contributed by atoms with E-state index >= 15 is 0 Å². The van der Waals surface area contributed by atoms with Gasteiger partial charge < -0.3 is 19.6 Å². The molecule has 130 valence electrons. The molecule has 2 unspecified atom stereocenters. The minimum atomic E-state index is -1.18. The van der Waals surface area contributed by atoms with Crippen LogP contribution in [-0.4, -0.2) is 24.7 Å². The Kier molecular flexibility index (Phi) is 5.34. The van der Waals surface area contributed by atoms with E-state index in [1.807, 2.05) is 38.1 Å². The molecular weight excluding hydrogens is 306 g/mol. The van der Waals surface area contributed by atoms with Gasteiger partial charge in [-0.15, -0.1) is 0 Å². The monoisotopic (exact) mass is 331 g/mol. The van der Waals surface area contributed by atoms with Gasteiger partial charge in [-0.2, -0.15) is 0 Å². The average Bonchev–Trinajstić information content (AvgIpc) is 2.91. The number of ether oxygens (including phenoxy) is 1. The summed E-state index contributed by atoms with van der Waals surface area (Å²) >= 11 is 0. The van der Waals surface area contributed by atoms with Crippen LogP contribution >= 0.6 is 0 Å². The van der Waals surface area contributed by atoms with Crippen LogP contribution < -0.4 is 10.1 Å². The number of methoxy groups -OCH3 is 1. The predicted molar refractivity (Wildman–Crippen MR) is 92.2 cm³/mol. The van der Waals surface area contributed by atoms with Gasteiger partial charge in [0.25, 0.3) is 0 Å². The average molecular weight is 331 g/mol. The summed E-state index contributed by atoms with van der Waals surface area (Å²) in [5.41, 5.74) is 0.401. The van der Waals surface area contributed by atoms with E-state index in [9.17, 15) is 9.90 Å². The molecule has 1 amide bonds. The fraction of sp³-hybridized carbons (Fsp3) is 0.421. The van der Waals surface area contributed by atoms with E-state index in [1.165, 1.54) is 0 Å². The van der Waals surface area contributed by atoms with Crippen LogP contribution in [0.2, 0.25) is 0 Å². The van der Waals surface area contributed by atoms with Crippen molar-refractivity contribution in [3.8, 4) is 5.75 Å². The third-order valence-corrected chi connectivity index (χ3v) is 4.24. The van der Waals surface area contributed by atoms with Crippen LogP contribution in [0.5, 0.6) is 5.75 Å². The third-order valence-electron chi connectivity index (χ3n) is 4.24. The number of nitrogens with one attached hydrogen (secondary N) is 1. The molecule has 24 heavy (non-hydrogen) atoms. The van der Waals surface area contributed by atoms with E-state index in [-0.39, 0.29) is 18.4 Å². The Hall–Kier alpha value is -2.27. The van der Waals surface area contributed by atoms with Gasteiger partial charge >= 0.3 is 0 Å². The summed E-state index contributed by atoms with van der Waals surface area (Å²) in [6.45, 7) is 7.25. The molecule has 2 rings (SSSR count). The van der Waals surface area contributed by atoms with Crippen molar-refractivity contribution >= 4 is 5.91 Å². The summed E-state index contributed by atoms with van der Waals surface area (Å²) in [7, 11) is 1.60. The second-order valence-electron chi connectivity index (χ2n) is 6.31. The summed E-state index contributed by atoms with van der Waals surface area (Å²) in [6, 6.07) is 9.18. The first-order chi connectivity index (χ1) is 11.2. The highest BCUT2D eigenvalue weighted by Crippen LogP contribution is 2.27. The van der Waals surface area contributed by atoms with Gasteiger partial charge in [-0.25, -0.2) is 0 Å². The van der Waals surface area contributed by atoms with Gasteiger partial charge in [-0.1, -0.05) is 12.1 Å². The fourth-order valence-corrected chi connectivity index (χ4v) is 2.72. The number of aryl methyl sites for hydroxylation is 2. The molecule has 1 aromatic carbocycles. The molecule has 2 aromatic rings. The maximum Gasteiger partial charge on any atom is 0.227 e. The molecule has 0 aliphatic carbocycles. The highest BCUT2D eigenvalue weighted by molar-refractivity contribution is 5.83. The second kappa shape index (κ2) is 7.09. The number of carbonyl (C=O) groups excluding carboxylic acids is 1. The zero-order valence-electron chi connectivity index (χ0n) is 14.8. The molecule has 1 aromatic heterocycles. The van der Waals surface area contributed by atoms with Gasteiger partial charge in [0.2, 0.25) is 5.91 Å². The smallest absolute Gasteiger partial charge is 0.227 e. The molecule has 5 heteroatoms. The van der Waals surface area contributed by atoms with Crippen LogP contribution in [0.4, 0.5) is 0 Å². The van der Waals surface area contributed by atoms with E-state index in [0.717, 1.165) is 17.1 Å². The van der Waals surface area contributed by atoms with Crippen molar-refractivity contribution in [3.63, 3.8) is 0 Å². The minimum absolute atomic E-state index is 0.117. The Bertz CT molecular complexity index is 701. The van der Waals surface area contributed by atoms with Crippen LogP contribution in [-0.2, 0) is 10.4 Å². The van der Waals surface area contributed by atoms with Crippen LogP contribution in [0.1, 0.15) is 42.4 Å². The molecule has 0 fully saturated rings. The van der Waals surface area contributed by atoms with E-state index in [4.69, 9.17) is 9.15 Å². The predicted octanol–water partition coefficient (Wildman–Crippen LogP) is 3.03. The molecule has 1 heterocycles. The Morgan fingerprint density at radius 3 is 2.46 bits per heavy atom. The van der Waals surface area contributed by atoms with E-state index < -0.39 is 5.60 Å². The van der Waals surface area contributed by atoms with Crippen LogP contribution in [0.3, 0.4) is 0 Å². The topological polar surface area (TPSA) is 71.7 Å². The molecule has 5 nitrogen and oxygen atoms in total. The number of carbonyl (C=O) groups is 1. The summed E-state index contributed by atoms with van der Waals surface area (Å²) in [6.07, 6.45) is 0. The van der Waals surface area contributed by atoms with Gasteiger partial charge in [0.15, 0.2) is 0 Å². The molecular formula is C19H25NO4. The molecule has 2 N–H and O–H groups in total. The number of hydrogen-bond acceptors (Lipinski definition) is 4. The van der Waals surface area contributed by atoms with Gasteiger partial charge in [-0.05, 0) is 51.5 Å². The summed E-state index contributed by atoms with van der Waals surface area (Å²) in [5.74, 6) is 1.69. The fourth-order valence-electron chi connectivity index (χ4n) is 2.72. The molecule has 0 saturated carbocycles. The van der Waals surface area contributed by atoms with Crippen molar-refractivity contribution in [1.82, 2.24) is 5.32 Å². The lowest BCUT2D eigenvalue weighted by Crippen LogP contribution is -2.40. The van der Waals surface area contributed by atoms with E-state index in [0.29, 0.717) is 11.3 Å². The highest BCUT2D eigenvalue weighted by atomic mass is 16.5. The standard InChI is InChI=1S/C19H25NO4/c1-12-10-17(14(3)24-12)19(4,22)11-20-18(21)13(2)15-6-8-16(23-5)9-7-15/h6-10,13,22H,11H2,1-5H3,(H,20,21). The summed E-state index contributed by atoms with van der Waals surface area (Å²) in [4.78, 5) is 12.4. The largest absolute Gasteiger partial charge is 0.497 e. The number of amides is 1. The molecule has 0 spiro atoms. The van der Waals surface area contributed by atoms with Crippen molar-refractivity contribution in [2.75, 3.05) is 13.7 Å². The lowest BCUT2D eigenvalue weighted by Gasteiger charge is -2.24. The Morgan fingerprint density at radius 1 is 1.33 bits per heavy atom. The van der Waals surface area contributed by atoms with Gasteiger partial charge in [0.1, 0.15) is 22.9 Å². The van der Waals surface area contributed by atoms with Crippen molar-refractivity contribution in [1.29, 1.82) is 0 Å². The highest BCUT2D eigenvalue weighted by Gasteiger charge is 2.29. The zero-order valence-corrected chi connectivity index (χ0v) is 14.8. The Balaban J connectivity index is 2.02. The molecule has 0 aliphatic rings. The number of hydrogen-bond donors (Lipinski definition) is 2. The third kappa shape index (κ3) is 3.97. The summed E-state index contributed by atoms with van der Waals surface area (Å²) < 4.78 is 10.6. The number of furan rings is 1. The van der Waals surface area contributed by atoms with Crippen LogP contribution in [0, 0.1) is 13.8 Å². The molecule has 0 radical (unpaired) electrons. The van der Waals surface area contributed by atoms with Crippen molar-refractivity contribution < 1.29 is 19.1 Å². The Morgan fingerprint density at radius 2 is 1.96 bits per heavy atom. The Labute approximate surface area is 142 Å². The second-order valence-corrected chi connectivity index (χ2v) is 6.31. The number of rotatable bonds is 6. The van der Waals surface area contributed by atoms with E-state index in [1.54, 1.807) is 27.0 Å². The molecule has 2 atom stereocenters. The first-order valence-corrected chi connectivity index (χ1v) is 7.96. The zero-order chi connectivity index (χ0) is 17.9. The van der Waals surface area contributed by atoms with Gasteiger partial charge in [0, 0.05) is 5.56 Å². The first kappa shape index (κ1) is 18.1. The number of benzene rings is 1. The normalized spacial score (nSPS) is 14.8. The SMILES string of the molecule is COc1ccc(C(C)C(=O)NCC(C)(O)c2cc(C)oc2C)cc1. The van der Waals surface area contributed by atoms with E-state index in [2.05, 4.69) is 5.32 Å². The van der Waals surface area contributed by atoms with Crippen molar-refractivity contribution in [2.45, 2.75) is 39.2 Å². The lowest BCUT2D eigenvalue weighted by molar-refractivity contribution is -0.123. The van der Waals surface area contributed by atoms with Crippen LogP contribution in [0.25, 0.3) is 0 Å². The van der Waals surface area contributed by atoms with Crippen LogP contribution in [0.15, 0.2) is 34.7 Å². The molecule has 0 bridgehead atoms. The quantitative estimate of drug-likeness (QED) is 0.853. The number of aliphatic hydroxyl groups is 1. The maximum absolute atomic E-state index is 12.4. The van der Waals surface area contributed by atoms with Gasteiger partial charge in [0.05, 0.1) is 19.6 Å². The first-order valence-electron chi connectivity index (χ1n) is 7.96. The molecule has 0 saturated heterocycles. The van der Waals surface area contributed by atoms with Crippen molar-refractivity contribution in [3.05, 3.63) is 53.0 Å². The molecule has 0 aliphatic heterocycles. The summed E-state index contributed by atoms with van der Waals surface area (Å²) in [5, 5.41) is 13.5. The minimum Gasteiger partial charge on any atom is -0.497 e.